The summed E-state index contributed by atoms with van der Waals surface area (Å²) in [6.07, 6.45) is 0.972. The number of hydrogen-bond donors (Lipinski definition) is 1. The molecular weight excluding hydrogens is 446 g/mol. The van der Waals surface area contributed by atoms with Crippen molar-refractivity contribution in [3.05, 3.63) is 64.2 Å². The van der Waals surface area contributed by atoms with Crippen LogP contribution >= 0.6 is 11.8 Å². The zero-order chi connectivity index (χ0) is 19.0. The average molecular weight is 466 g/mol. The van der Waals surface area contributed by atoms with E-state index < -0.39 is 10.6 Å². The third-order valence-electron chi connectivity index (χ3n) is 4.97. The lowest BCUT2D eigenvalue weighted by atomic mass is 10.0. The fourth-order valence-electron chi connectivity index (χ4n) is 3.56. The van der Waals surface area contributed by atoms with E-state index in [0.717, 1.165) is 35.3 Å². The summed E-state index contributed by atoms with van der Waals surface area (Å²) in [6.45, 7) is 1.10. The molecule has 2 aromatic rings. The number of hydrogen-bond acceptors (Lipinski definition) is 6. The lowest BCUT2D eigenvalue weighted by Crippen LogP contribution is -3.00. The molecular formula is C19H20BrN3O4S. The first-order valence-electron chi connectivity index (χ1n) is 8.69. The predicted octanol–water partition coefficient (Wildman–Crippen LogP) is -0.222. The maximum absolute atomic E-state index is 11.6. The van der Waals surface area contributed by atoms with Crippen LogP contribution in [-0.4, -0.2) is 45.7 Å². The normalized spacial score (nSPS) is 21.1. The fourth-order valence-corrected chi connectivity index (χ4v) is 4.74. The van der Waals surface area contributed by atoms with Crippen molar-refractivity contribution in [2.45, 2.75) is 12.1 Å². The molecule has 28 heavy (non-hydrogen) atoms. The first-order valence-corrected chi connectivity index (χ1v) is 9.68. The van der Waals surface area contributed by atoms with Crippen molar-refractivity contribution in [3.63, 3.8) is 0 Å². The minimum absolute atomic E-state index is 0. The number of benzene rings is 2. The third-order valence-corrected chi connectivity index (χ3v) is 6.16. The number of thioether (sulfide) groups is 1. The summed E-state index contributed by atoms with van der Waals surface area (Å²) in [5, 5.41) is 23.5. The van der Waals surface area contributed by atoms with Gasteiger partial charge in [-0.2, -0.15) is 0 Å². The maximum Gasteiger partial charge on any atom is 0.316 e. The van der Waals surface area contributed by atoms with E-state index in [1.807, 2.05) is 28.8 Å². The molecule has 0 aromatic heterocycles. The van der Waals surface area contributed by atoms with E-state index >= 15 is 0 Å². The van der Waals surface area contributed by atoms with Gasteiger partial charge in [0.25, 0.3) is 11.4 Å². The first kappa shape index (κ1) is 20.6. The number of nitro benzene ring substituents is 1. The second-order valence-electron chi connectivity index (χ2n) is 6.54. The molecule has 0 bridgehead atoms. The highest BCUT2D eigenvalue weighted by molar-refractivity contribution is 8.13. The van der Waals surface area contributed by atoms with Gasteiger partial charge in [0.15, 0.2) is 6.54 Å². The van der Waals surface area contributed by atoms with Crippen LogP contribution in [0.4, 0.5) is 11.4 Å². The molecule has 9 heteroatoms. The quantitative estimate of drug-likeness (QED) is 0.382. The van der Waals surface area contributed by atoms with E-state index in [9.17, 15) is 15.2 Å². The standard InChI is InChI=1S/C19H20N3O4S.BrH/c1-26-17-9-7-15(8-10-17)20-13-19(23,21-11-2-12-27-18(20)21)14-3-5-16(6-4-14)22(24)25;/h3-10,23H,2,11-13H2,1H3;1H/q+1;/p-1. The molecule has 0 saturated carbocycles. The van der Waals surface area contributed by atoms with Crippen LogP contribution in [0.1, 0.15) is 12.0 Å². The molecule has 7 nitrogen and oxygen atoms in total. The highest BCUT2D eigenvalue weighted by Crippen LogP contribution is 2.38. The maximum atomic E-state index is 11.6. The Hall–Kier alpha value is -2.10. The van der Waals surface area contributed by atoms with E-state index in [0.29, 0.717) is 12.1 Å². The van der Waals surface area contributed by atoms with Crippen LogP contribution in [0.25, 0.3) is 0 Å². The molecule has 148 valence electrons. The van der Waals surface area contributed by atoms with Crippen molar-refractivity contribution in [2.75, 3.05) is 30.9 Å². The zero-order valence-corrected chi connectivity index (χ0v) is 17.6. The molecule has 0 saturated heterocycles. The zero-order valence-electron chi connectivity index (χ0n) is 15.2. The number of nitro groups is 1. The number of halogens is 1. The molecule has 2 heterocycles. The molecule has 1 unspecified atom stereocenters. The number of aliphatic hydroxyl groups is 1. The van der Waals surface area contributed by atoms with E-state index in [2.05, 4.69) is 4.90 Å². The number of anilines is 1. The lowest BCUT2D eigenvalue weighted by Gasteiger charge is -2.24. The Balaban J connectivity index is 0.00000225. The minimum atomic E-state index is -1.22. The molecule has 1 atom stereocenters. The molecule has 0 radical (unpaired) electrons. The molecule has 0 aliphatic carbocycles. The van der Waals surface area contributed by atoms with E-state index in [-0.39, 0.29) is 22.7 Å². The van der Waals surface area contributed by atoms with Crippen LogP contribution in [0.3, 0.4) is 0 Å². The number of nitrogens with zero attached hydrogens (tertiary/aromatic N) is 3. The summed E-state index contributed by atoms with van der Waals surface area (Å²) >= 11 is 1.72. The summed E-state index contributed by atoms with van der Waals surface area (Å²) in [4.78, 5) is 12.6. The molecule has 2 aliphatic heterocycles. The topological polar surface area (TPSA) is 78.9 Å². The smallest absolute Gasteiger partial charge is 0.316 e. The lowest BCUT2D eigenvalue weighted by molar-refractivity contribution is -0.656. The summed E-state index contributed by atoms with van der Waals surface area (Å²) < 4.78 is 7.24. The minimum Gasteiger partial charge on any atom is -1.00 e. The molecule has 0 fully saturated rings. The number of ether oxygens (including phenoxy) is 1. The van der Waals surface area contributed by atoms with Crippen LogP contribution in [0, 0.1) is 10.1 Å². The van der Waals surface area contributed by atoms with Gasteiger partial charge in [0.1, 0.15) is 11.4 Å². The van der Waals surface area contributed by atoms with Crippen LogP contribution in [0.15, 0.2) is 48.5 Å². The van der Waals surface area contributed by atoms with Gasteiger partial charge < -0.3 is 26.8 Å². The van der Waals surface area contributed by atoms with E-state index in [1.165, 1.54) is 12.1 Å². The second kappa shape index (κ2) is 8.10. The van der Waals surface area contributed by atoms with Gasteiger partial charge in [-0.1, -0.05) is 0 Å². The molecule has 2 aliphatic rings. The Labute approximate surface area is 177 Å². The van der Waals surface area contributed by atoms with Crippen molar-refractivity contribution >= 4 is 28.3 Å². The third kappa shape index (κ3) is 3.49. The molecule has 0 spiro atoms. The van der Waals surface area contributed by atoms with Gasteiger partial charge >= 0.3 is 5.17 Å². The molecule has 4 rings (SSSR count). The predicted molar refractivity (Wildman–Crippen MR) is 105 cm³/mol. The van der Waals surface area contributed by atoms with Gasteiger partial charge in [-0.3, -0.25) is 10.1 Å². The number of β-amino-alcohol motifs (C(OH)–C–C–N with tert-alkyl or cyclic N) is 1. The molecule has 0 amide bonds. The van der Waals surface area contributed by atoms with Crippen LogP contribution in [0.5, 0.6) is 5.75 Å². The van der Waals surface area contributed by atoms with Gasteiger partial charge in [0.2, 0.25) is 0 Å². The highest BCUT2D eigenvalue weighted by atomic mass is 79.9. The Morgan fingerprint density at radius 2 is 1.89 bits per heavy atom. The van der Waals surface area contributed by atoms with Gasteiger partial charge in [0.05, 0.1) is 18.6 Å². The average Bonchev–Trinajstić information content (AvgIpc) is 3.02. The van der Waals surface area contributed by atoms with Crippen molar-refractivity contribution in [1.82, 2.24) is 0 Å². The summed E-state index contributed by atoms with van der Waals surface area (Å²) in [7, 11) is 1.63. The summed E-state index contributed by atoms with van der Waals surface area (Å²) in [5.74, 6) is 1.77. The van der Waals surface area contributed by atoms with Crippen molar-refractivity contribution in [2.24, 2.45) is 0 Å². The van der Waals surface area contributed by atoms with Crippen molar-refractivity contribution in [1.29, 1.82) is 0 Å². The van der Waals surface area contributed by atoms with Crippen LogP contribution in [-0.2, 0) is 5.72 Å². The SMILES string of the molecule is COc1ccc(N2CC(O)(c3ccc([N+](=O)[O-])cc3)[N+]3=C2SCCC3)cc1.[Br-]. The van der Waals surface area contributed by atoms with Crippen LogP contribution in [0.2, 0.25) is 0 Å². The first-order chi connectivity index (χ1) is 13.0. The highest BCUT2D eigenvalue weighted by Gasteiger charge is 2.53. The Morgan fingerprint density at radius 1 is 1.21 bits per heavy atom. The summed E-state index contributed by atoms with van der Waals surface area (Å²) in [6, 6.07) is 13.9. The Morgan fingerprint density at radius 3 is 2.50 bits per heavy atom. The Kier molecular flexibility index (Phi) is 5.97. The number of rotatable bonds is 4. The van der Waals surface area contributed by atoms with Gasteiger partial charge in [0, 0.05) is 23.4 Å². The van der Waals surface area contributed by atoms with E-state index in [4.69, 9.17) is 4.74 Å². The summed E-state index contributed by atoms with van der Waals surface area (Å²) in [5.41, 5.74) is 0.425. The number of non-ortho nitro benzene ring substituents is 1. The van der Waals surface area contributed by atoms with E-state index in [1.54, 1.807) is 31.0 Å². The van der Waals surface area contributed by atoms with Gasteiger partial charge in [-0.05, 0) is 54.6 Å². The van der Waals surface area contributed by atoms with Gasteiger partial charge in [-0.25, -0.2) is 9.48 Å². The monoisotopic (exact) mass is 465 g/mol. The molecule has 1 N–H and O–H groups in total. The fraction of sp³-hybridized carbons (Fsp3) is 0.316. The number of amidine groups is 1. The van der Waals surface area contributed by atoms with Crippen molar-refractivity contribution < 1.29 is 36.3 Å². The Bertz CT molecular complexity index is 904. The number of methoxy groups -OCH3 is 1. The van der Waals surface area contributed by atoms with Gasteiger partial charge in [-0.15, -0.1) is 0 Å². The van der Waals surface area contributed by atoms with Crippen LogP contribution < -0.4 is 26.6 Å². The molecule has 2 aromatic carbocycles. The second-order valence-corrected chi connectivity index (χ2v) is 7.60. The van der Waals surface area contributed by atoms with Crippen molar-refractivity contribution in [3.8, 4) is 5.75 Å². The largest absolute Gasteiger partial charge is 1.00 e.